The van der Waals surface area contributed by atoms with Crippen LogP contribution >= 0.6 is 11.6 Å². The van der Waals surface area contributed by atoms with Crippen molar-refractivity contribution in [3.63, 3.8) is 0 Å². The molecule has 6 nitrogen and oxygen atoms in total. The van der Waals surface area contributed by atoms with Crippen LogP contribution in [0.2, 0.25) is 5.02 Å². The Kier molecular flexibility index (Phi) is 6.10. The van der Waals surface area contributed by atoms with Crippen LogP contribution in [0.15, 0.2) is 35.5 Å². The molecule has 188 valence electrons. The number of rotatable bonds is 4. The van der Waals surface area contributed by atoms with E-state index in [-0.39, 0.29) is 5.69 Å². The molecular formula is C21H16ClF7N4O2. The molecule has 1 fully saturated rings. The van der Waals surface area contributed by atoms with Crippen molar-refractivity contribution in [1.29, 1.82) is 0 Å². The van der Waals surface area contributed by atoms with Crippen LogP contribution in [0.5, 0.6) is 0 Å². The molecule has 0 unspecified atom stereocenters. The Labute approximate surface area is 198 Å². The number of carbonyl (C=O) groups is 1. The quantitative estimate of drug-likeness (QED) is 0.547. The lowest BCUT2D eigenvalue weighted by molar-refractivity contribution is -0.137. The van der Waals surface area contributed by atoms with Gasteiger partial charge < -0.3 is 15.8 Å². The molecule has 2 heterocycles. The number of aliphatic imine (C=N–C) groups is 1. The van der Waals surface area contributed by atoms with Crippen LogP contribution in [0.1, 0.15) is 34.5 Å². The number of hydrogen-bond acceptors (Lipinski definition) is 5. The summed E-state index contributed by atoms with van der Waals surface area (Å²) in [6.45, 7) is -1.39. The minimum Gasteiger partial charge on any atom is -0.461 e. The first-order valence-electron chi connectivity index (χ1n) is 10.1. The number of carbonyl (C=O) groups excluding carboxylic acids is 1. The summed E-state index contributed by atoms with van der Waals surface area (Å²) in [5.41, 5.74) is 1.11. The van der Waals surface area contributed by atoms with Gasteiger partial charge in [-0.3, -0.25) is 4.79 Å². The van der Waals surface area contributed by atoms with Crippen LogP contribution in [0, 0.1) is 11.7 Å². The first-order chi connectivity index (χ1) is 16.3. The van der Waals surface area contributed by atoms with E-state index in [0.717, 1.165) is 18.2 Å². The summed E-state index contributed by atoms with van der Waals surface area (Å²) >= 11 is 5.77. The van der Waals surface area contributed by atoms with Crippen molar-refractivity contribution in [2.75, 3.05) is 12.0 Å². The summed E-state index contributed by atoms with van der Waals surface area (Å²) in [6, 6.07) is 2.84. The number of alkyl halides is 6. The average Bonchev–Trinajstić information content (AvgIpc) is 3.07. The summed E-state index contributed by atoms with van der Waals surface area (Å²) in [5.74, 6) is -6.53. The highest BCUT2D eigenvalue weighted by Gasteiger charge is 2.60. The molecule has 0 bridgehead atoms. The highest BCUT2D eigenvalue weighted by atomic mass is 35.5. The predicted octanol–water partition coefficient (Wildman–Crippen LogP) is 5.07. The predicted molar refractivity (Wildman–Crippen MR) is 110 cm³/mol. The van der Waals surface area contributed by atoms with Gasteiger partial charge in [-0.05, 0) is 24.3 Å². The second-order valence-corrected chi connectivity index (χ2v) is 8.64. The summed E-state index contributed by atoms with van der Waals surface area (Å²) in [4.78, 5) is 19.9. The van der Waals surface area contributed by atoms with Crippen molar-refractivity contribution in [3.8, 4) is 0 Å². The van der Waals surface area contributed by atoms with Crippen LogP contribution in [-0.2, 0) is 16.5 Å². The van der Waals surface area contributed by atoms with E-state index in [1.54, 1.807) is 0 Å². The number of anilines is 1. The van der Waals surface area contributed by atoms with E-state index in [2.05, 4.69) is 15.3 Å². The zero-order valence-electron chi connectivity index (χ0n) is 17.5. The highest BCUT2D eigenvalue weighted by Crippen LogP contribution is 2.53. The Balaban J connectivity index is 1.69. The summed E-state index contributed by atoms with van der Waals surface area (Å²) in [5, 5.41) is 1.68. The number of aromatic nitrogens is 1. The highest BCUT2D eigenvalue weighted by molar-refractivity contribution is 6.34. The van der Waals surface area contributed by atoms with E-state index in [9.17, 15) is 35.5 Å². The van der Waals surface area contributed by atoms with Gasteiger partial charge >= 0.3 is 6.18 Å². The maximum absolute atomic E-state index is 14.9. The molecule has 0 radical (unpaired) electrons. The number of fused-ring (bicyclic) bond motifs is 1. The molecule has 1 aromatic heterocycles. The molecule has 0 spiro atoms. The molecule has 2 aliphatic rings. The van der Waals surface area contributed by atoms with Crippen LogP contribution in [0.25, 0.3) is 0 Å². The van der Waals surface area contributed by atoms with Crippen molar-refractivity contribution in [1.82, 2.24) is 4.98 Å². The fourth-order valence-corrected chi connectivity index (χ4v) is 4.63. The summed E-state index contributed by atoms with van der Waals surface area (Å²) in [7, 11) is 0. The van der Waals surface area contributed by atoms with E-state index in [0.29, 0.717) is 12.3 Å². The fourth-order valence-electron chi connectivity index (χ4n) is 4.38. The smallest absolute Gasteiger partial charge is 0.417 e. The first kappa shape index (κ1) is 25.0. The van der Waals surface area contributed by atoms with E-state index in [1.165, 1.54) is 0 Å². The Morgan fingerprint density at radius 1 is 1.26 bits per heavy atom. The summed E-state index contributed by atoms with van der Waals surface area (Å²) < 4.78 is 101. The van der Waals surface area contributed by atoms with Gasteiger partial charge in [-0.1, -0.05) is 11.6 Å². The van der Waals surface area contributed by atoms with Gasteiger partial charge in [0.05, 0.1) is 10.6 Å². The maximum atomic E-state index is 14.9. The van der Waals surface area contributed by atoms with Gasteiger partial charge in [0.25, 0.3) is 17.9 Å². The molecule has 35 heavy (non-hydrogen) atoms. The number of halogens is 8. The Morgan fingerprint density at radius 2 is 1.97 bits per heavy atom. The zero-order chi connectivity index (χ0) is 25.8. The number of nitrogens with zero attached hydrogens (tertiary/aromatic N) is 2. The molecule has 2 aromatic rings. The minimum atomic E-state index is -4.74. The standard InChI is InChI=1S/C21H16ClF7N4O2/c22-13-3-9(21(27,28)29)7-31-16(13)17(34)32-10-1-2-14(24)11(4-10)20(8-23)12-5-19(25,26)6-15(12)35-18(30)33-20/h1-4,7,12,15H,5-6,8H2,(H2,30,33)(H,32,34)/t12-,15+,20+/m0/s1. The molecule has 1 saturated carbocycles. The zero-order valence-corrected chi connectivity index (χ0v) is 18.2. The Bertz CT molecular complexity index is 1210. The van der Waals surface area contributed by atoms with Crippen LogP contribution < -0.4 is 11.1 Å². The molecule has 1 aliphatic heterocycles. The SMILES string of the molecule is NC1=N[C@](CF)(c2cc(NC(=O)c3ncc(C(F)(F)F)cc3Cl)ccc2F)[C@H]2CC(F)(F)C[C@H]2O1. The topological polar surface area (TPSA) is 89.6 Å². The second kappa shape index (κ2) is 8.54. The van der Waals surface area contributed by atoms with E-state index in [4.69, 9.17) is 22.1 Å². The largest absolute Gasteiger partial charge is 0.461 e. The normalized spacial score (nSPS) is 25.4. The average molecular weight is 525 g/mol. The molecule has 1 aromatic carbocycles. The van der Waals surface area contributed by atoms with Gasteiger partial charge in [0.1, 0.15) is 29.8 Å². The molecule has 1 aliphatic carbocycles. The number of nitrogens with two attached hydrogens (primary N) is 1. The monoisotopic (exact) mass is 524 g/mol. The summed E-state index contributed by atoms with van der Waals surface area (Å²) in [6.07, 6.45) is -7.13. The molecular weight excluding hydrogens is 509 g/mol. The van der Waals surface area contributed by atoms with Crippen LogP contribution in [0.3, 0.4) is 0 Å². The third kappa shape index (κ3) is 4.60. The van der Waals surface area contributed by atoms with Crippen molar-refractivity contribution in [2.45, 2.75) is 36.6 Å². The van der Waals surface area contributed by atoms with Gasteiger partial charge in [-0.15, -0.1) is 0 Å². The van der Waals surface area contributed by atoms with Crippen molar-refractivity contribution in [3.05, 3.63) is 58.1 Å². The number of benzene rings is 1. The van der Waals surface area contributed by atoms with Crippen molar-refractivity contribution in [2.24, 2.45) is 16.6 Å². The Morgan fingerprint density at radius 3 is 2.60 bits per heavy atom. The fraction of sp³-hybridized carbons (Fsp3) is 0.381. The number of nitrogens with one attached hydrogen (secondary N) is 1. The molecule has 14 heteroatoms. The number of ether oxygens (including phenoxy) is 1. The lowest BCUT2D eigenvalue weighted by Crippen LogP contribution is -2.48. The molecule has 4 rings (SSSR count). The molecule has 3 N–H and O–H groups in total. The number of amidine groups is 1. The van der Waals surface area contributed by atoms with E-state index < -0.39 is 88.8 Å². The maximum Gasteiger partial charge on any atom is 0.417 e. The van der Waals surface area contributed by atoms with Crippen molar-refractivity contribution < 1.29 is 40.3 Å². The lowest BCUT2D eigenvalue weighted by Gasteiger charge is -2.40. The lowest BCUT2D eigenvalue weighted by atomic mass is 9.76. The van der Waals surface area contributed by atoms with Gasteiger partial charge in [-0.25, -0.2) is 27.5 Å². The van der Waals surface area contributed by atoms with Crippen LogP contribution in [-0.4, -0.2) is 35.6 Å². The number of amides is 1. The first-order valence-corrected chi connectivity index (χ1v) is 10.4. The molecule has 3 atom stereocenters. The Hall–Kier alpha value is -3.09. The molecule has 1 amide bonds. The number of hydrogen-bond donors (Lipinski definition) is 2. The van der Waals surface area contributed by atoms with Crippen LogP contribution in [0.4, 0.5) is 36.4 Å². The number of pyridine rings is 1. The second-order valence-electron chi connectivity index (χ2n) is 8.24. The molecule has 0 saturated heterocycles. The van der Waals surface area contributed by atoms with Gasteiger partial charge in [0, 0.05) is 36.2 Å². The van der Waals surface area contributed by atoms with Crippen molar-refractivity contribution >= 4 is 29.2 Å². The third-order valence-electron chi connectivity index (χ3n) is 5.94. The van der Waals surface area contributed by atoms with E-state index >= 15 is 0 Å². The van der Waals surface area contributed by atoms with Gasteiger partial charge in [-0.2, -0.15) is 13.2 Å². The van der Waals surface area contributed by atoms with E-state index in [1.807, 2.05) is 0 Å². The minimum absolute atomic E-state index is 0.140. The van der Waals surface area contributed by atoms with Gasteiger partial charge in [0.2, 0.25) is 0 Å². The van der Waals surface area contributed by atoms with Gasteiger partial charge in [0.15, 0.2) is 0 Å². The third-order valence-corrected chi connectivity index (χ3v) is 6.23.